The van der Waals surface area contributed by atoms with Gasteiger partial charge in [-0.05, 0) is 17.9 Å². The highest BCUT2D eigenvalue weighted by molar-refractivity contribution is 8.00. The molecule has 4 heteroatoms. The monoisotopic (exact) mass is 225 g/mol. The number of amides is 1. The topological polar surface area (TPSA) is 20.3 Å². The van der Waals surface area contributed by atoms with Crippen molar-refractivity contribution in [2.75, 3.05) is 12.3 Å². The zero-order valence-corrected chi connectivity index (χ0v) is 9.31. The van der Waals surface area contributed by atoms with Crippen LogP contribution in [0.4, 0.5) is 0 Å². The Bertz CT molecular complexity index is 349. The minimum Gasteiger partial charge on any atom is -0.334 e. The van der Waals surface area contributed by atoms with Gasteiger partial charge in [0.1, 0.15) is 0 Å². The molecule has 3 heterocycles. The number of carbonyl (C=O) groups excluding carboxylic acids is 1. The summed E-state index contributed by atoms with van der Waals surface area (Å²) in [5.41, 5.74) is 0.868. The molecular formula is C10H11NOS2. The van der Waals surface area contributed by atoms with E-state index in [0.717, 1.165) is 17.9 Å². The highest BCUT2D eigenvalue weighted by atomic mass is 32.2. The van der Waals surface area contributed by atoms with Gasteiger partial charge >= 0.3 is 0 Å². The predicted octanol–water partition coefficient (Wildman–Crippen LogP) is 2.08. The molecule has 74 valence electrons. The summed E-state index contributed by atoms with van der Waals surface area (Å²) in [6, 6.07) is 2.43. The molecule has 0 unspecified atom stereocenters. The van der Waals surface area contributed by atoms with Crippen molar-refractivity contribution in [3.63, 3.8) is 0 Å². The molecule has 0 N–H and O–H groups in total. The van der Waals surface area contributed by atoms with E-state index in [-0.39, 0.29) is 5.91 Å². The first-order valence-corrected chi connectivity index (χ1v) is 6.78. The van der Waals surface area contributed by atoms with Crippen molar-refractivity contribution in [1.82, 2.24) is 4.90 Å². The molecule has 3 rings (SSSR count). The zero-order valence-electron chi connectivity index (χ0n) is 7.68. The highest BCUT2D eigenvalue weighted by Crippen LogP contribution is 2.38. The molecule has 1 aromatic rings. The van der Waals surface area contributed by atoms with Crippen LogP contribution in [0.2, 0.25) is 0 Å². The van der Waals surface area contributed by atoms with Crippen molar-refractivity contribution in [3.05, 3.63) is 22.4 Å². The Hall–Kier alpha value is -0.480. The first-order valence-electron chi connectivity index (χ1n) is 4.79. The van der Waals surface area contributed by atoms with Crippen LogP contribution in [0.1, 0.15) is 16.8 Å². The molecule has 2 atom stereocenters. The fourth-order valence-electron chi connectivity index (χ4n) is 2.20. The molecule has 2 saturated heterocycles. The molecule has 2 fully saturated rings. The molecule has 2 nitrogen and oxygen atoms in total. The maximum Gasteiger partial charge on any atom is 0.255 e. The maximum absolute atomic E-state index is 12.0. The average Bonchev–Trinajstić information content (AvgIpc) is 2.93. The summed E-state index contributed by atoms with van der Waals surface area (Å²) in [6.07, 6.45) is 1.21. The number of carbonyl (C=O) groups is 1. The van der Waals surface area contributed by atoms with Crippen LogP contribution in [-0.2, 0) is 0 Å². The van der Waals surface area contributed by atoms with Crippen molar-refractivity contribution in [2.24, 2.45) is 0 Å². The van der Waals surface area contributed by atoms with Crippen LogP contribution in [0.3, 0.4) is 0 Å². The number of thioether (sulfide) groups is 1. The molecule has 2 aliphatic heterocycles. The van der Waals surface area contributed by atoms with E-state index < -0.39 is 0 Å². The fraction of sp³-hybridized carbons (Fsp3) is 0.500. The van der Waals surface area contributed by atoms with Crippen LogP contribution in [0.15, 0.2) is 16.8 Å². The molecule has 1 aromatic heterocycles. The van der Waals surface area contributed by atoms with Crippen molar-refractivity contribution in [3.8, 4) is 0 Å². The molecule has 1 amide bonds. The van der Waals surface area contributed by atoms with Crippen LogP contribution >= 0.6 is 23.1 Å². The Labute approximate surface area is 91.3 Å². The maximum atomic E-state index is 12.0. The third-order valence-corrected chi connectivity index (χ3v) is 5.00. The number of nitrogens with zero attached hydrogens (tertiary/aromatic N) is 1. The first-order chi connectivity index (χ1) is 6.84. The van der Waals surface area contributed by atoms with Gasteiger partial charge in [0.05, 0.1) is 5.56 Å². The van der Waals surface area contributed by atoms with Gasteiger partial charge in [0.2, 0.25) is 0 Å². The number of hydrogen-bond donors (Lipinski definition) is 0. The molecule has 0 spiro atoms. The second kappa shape index (κ2) is 3.28. The van der Waals surface area contributed by atoms with Crippen LogP contribution in [0.5, 0.6) is 0 Å². The van der Waals surface area contributed by atoms with E-state index in [0.29, 0.717) is 11.3 Å². The van der Waals surface area contributed by atoms with E-state index in [1.807, 2.05) is 28.6 Å². The average molecular weight is 225 g/mol. The van der Waals surface area contributed by atoms with Gasteiger partial charge < -0.3 is 4.90 Å². The molecule has 0 aromatic carbocycles. The number of fused-ring (bicyclic) bond motifs is 2. The van der Waals surface area contributed by atoms with Crippen LogP contribution in [-0.4, -0.2) is 34.4 Å². The number of hydrogen-bond acceptors (Lipinski definition) is 3. The van der Waals surface area contributed by atoms with E-state index in [2.05, 4.69) is 4.90 Å². The lowest BCUT2D eigenvalue weighted by molar-refractivity contribution is 0.0748. The second-order valence-corrected chi connectivity index (χ2v) is 5.93. The summed E-state index contributed by atoms with van der Waals surface area (Å²) in [7, 11) is 0. The first kappa shape index (κ1) is 8.80. The van der Waals surface area contributed by atoms with E-state index in [1.54, 1.807) is 11.3 Å². The molecular weight excluding hydrogens is 214 g/mol. The molecule has 14 heavy (non-hydrogen) atoms. The van der Waals surface area contributed by atoms with Gasteiger partial charge in [-0.2, -0.15) is 23.1 Å². The van der Waals surface area contributed by atoms with E-state index in [4.69, 9.17) is 0 Å². The number of likely N-dealkylation sites (tertiary alicyclic amines) is 1. The predicted molar refractivity (Wildman–Crippen MR) is 60.0 cm³/mol. The smallest absolute Gasteiger partial charge is 0.255 e. The summed E-state index contributed by atoms with van der Waals surface area (Å²) in [5, 5.41) is 4.63. The van der Waals surface area contributed by atoms with E-state index in [9.17, 15) is 4.79 Å². The van der Waals surface area contributed by atoms with Crippen molar-refractivity contribution in [2.45, 2.75) is 17.7 Å². The van der Waals surface area contributed by atoms with Crippen molar-refractivity contribution in [1.29, 1.82) is 0 Å². The Kier molecular flexibility index (Phi) is 2.06. The van der Waals surface area contributed by atoms with Gasteiger partial charge in [0, 0.05) is 29.0 Å². The molecule has 0 radical (unpaired) electrons. The van der Waals surface area contributed by atoms with Crippen molar-refractivity contribution < 1.29 is 4.79 Å². The van der Waals surface area contributed by atoms with Crippen LogP contribution in [0, 0.1) is 0 Å². The minimum absolute atomic E-state index is 0.235. The van der Waals surface area contributed by atoms with Gasteiger partial charge in [-0.25, -0.2) is 0 Å². The summed E-state index contributed by atoms with van der Waals surface area (Å²) >= 11 is 3.61. The van der Waals surface area contributed by atoms with Crippen LogP contribution in [0.25, 0.3) is 0 Å². The zero-order chi connectivity index (χ0) is 9.54. The van der Waals surface area contributed by atoms with Gasteiger partial charge in [-0.3, -0.25) is 4.79 Å². The largest absolute Gasteiger partial charge is 0.334 e. The lowest BCUT2D eigenvalue weighted by Gasteiger charge is -2.26. The number of rotatable bonds is 1. The standard InChI is InChI=1S/C10H11NOS2/c12-10(7-1-2-13-5-7)11-4-9-3-8(11)6-14-9/h1-2,5,8-9H,3-4,6H2/t8-,9+/m0/s1. The highest BCUT2D eigenvalue weighted by Gasteiger charge is 2.41. The molecule has 0 aliphatic carbocycles. The lowest BCUT2D eigenvalue weighted by Crippen LogP contribution is -2.38. The van der Waals surface area contributed by atoms with E-state index in [1.165, 1.54) is 6.42 Å². The van der Waals surface area contributed by atoms with Gasteiger partial charge in [-0.15, -0.1) is 0 Å². The minimum atomic E-state index is 0.235. The SMILES string of the molecule is O=C(c1ccsc1)N1C[C@H]2C[C@H]1CS2. The van der Waals surface area contributed by atoms with Crippen molar-refractivity contribution >= 4 is 29.0 Å². The second-order valence-electron chi connectivity index (χ2n) is 3.81. The quantitative estimate of drug-likeness (QED) is 0.729. The fourth-order valence-corrected chi connectivity index (χ4v) is 4.26. The Morgan fingerprint density at radius 2 is 2.50 bits per heavy atom. The summed E-state index contributed by atoms with van der Waals surface area (Å²) in [6.45, 7) is 0.962. The summed E-state index contributed by atoms with van der Waals surface area (Å²) in [4.78, 5) is 14.1. The van der Waals surface area contributed by atoms with Gasteiger partial charge in [0.25, 0.3) is 5.91 Å². The summed E-state index contributed by atoms with van der Waals surface area (Å²) in [5.74, 6) is 1.37. The van der Waals surface area contributed by atoms with Crippen LogP contribution < -0.4 is 0 Å². The number of thiophene rings is 1. The molecule has 0 saturated carbocycles. The summed E-state index contributed by atoms with van der Waals surface area (Å²) < 4.78 is 0. The lowest BCUT2D eigenvalue weighted by atomic mass is 10.2. The van der Waals surface area contributed by atoms with Gasteiger partial charge in [-0.1, -0.05) is 0 Å². The Morgan fingerprint density at radius 1 is 1.57 bits per heavy atom. The third-order valence-electron chi connectivity index (χ3n) is 2.93. The molecule has 2 bridgehead atoms. The Balaban J connectivity index is 1.81. The van der Waals surface area contributed by atoms with E-state index >= 15 is 0 Å². The normalized spacial score (nSPS) is 29.9. The van der Waals surface area contributed by atoms with Gasteiger partial charge in [0.15, 0.2) is 0 Å². The Morgan fingerprint density at radius 3 is 3.07 bits per heavy atom. The molecule has 2 aliphatic rings. The third kappa shape index (κ3) is 1.28.